The fourth-order valence-electron chi connectivity index (χ4n) is 3.01. The number of benzene rings is 2. The molecule has 1 atom stereocenters. The van der Waals surface area contributed by atoms with Gasteiger partial charge in [-0.3, -0.25) is 4.79 Å². The maximum absolute atomic E-state index is 12.8. The fourth-order valence-corrected chi connectivity index (χ4v) is 3.01. The molecule has 1 amide bonds. The lowest BCUT2D eigenvalue weighted by Gasteiger charge is -2.23. The van der Waals surface area contributed by atoms with Gasteiger partial charge in [-0.1, -0.05) is 48.5 Å². The van der Waals surface area contributed by atoms with Gasteiger partial charge in [0, 0.05) is 14.1 Å². The number of carbonyl (C=O) groups excluding carboxylic acids is 1. The summed E-state index contributed by atoms with van der Waals surface area (Å²) in [6.07, 6.45) is 0. The third kappa shape index (κ3) is 3.47. The first kappa shape index (κ1) is 17.7. The van der Waals surface area contributed by atoms with Crippen LogP contribution < -0.4 is 5.32 Å². The lowest BCUT2D eigenvalue weighted by Crippen LogP contribution is -2.32. The largest absolute Gasteiger partial charge is 0.367 e. The van der Waals surface area contributed by atoms with Crippen LogP contribution in [0.4, 0.5) is 5.69 Å². The minimum atomic E-state index is -0.461. The summed E-state index contributed by atoms with van der Waals surface area (Å²) in [6, 6.07) is 19.3. The number of nitrogens with one attached hydrogen (secondary N) is 1. The van der Waals surface area contributed by atoms with Gasteiger partial charge in [-0.2, -0.15) is 5.10 Å². The molecule has 0 aliphatic heterocycles. The van der Waals surface area contributed by atoms with E-state index >= 15 is 0 Å². The number of carbonyl (C=O) groups is 1. The summed E-state index contributed by atoms with van der Waals surface area (Å²) in [6.45, 7) is 3.97. The summed E-state index contributed by atoms with van der Waals surface area (Å²) in [5.74, 6) is 0.00228. The molecule has 3 aromatic rings. The lowest BCUT2D eigenvalue weighted by atomic mass is 10.1. The summed E-state index contributed by atoms with van der Waals surface area (Å²) in [4.78, 5) is 14.4. The van der Waals surface area contributed by atoms with Crippen molar-refractivity contribution in [3.63, 3.8) is 0 Å². The zero-order valence-electron chi connectivity index (χ0n) is 15.6. The molecule has 1 N–H and O–H groups in total. The molecule has 0 bridgehead atoms. The highest BCUT2D eigenvalue weighted by Crippen LogP contribution is 2.28. The monoisotopic (exact) mass is 348 g/mol. The van der Waals surface area contributed by atoms with Gasteiger partial charge in [0.25, 0.3) is 0 Å². The zero-order valence-corrected chi connectivity index (χ0v) is 15.6. The van der Waals surface area contributed by atoms with E-state index in [1.54, 1.807) is 19.0 Å². The highest BCUT2D eigenvalue weighted by molar-refractivity contribution is 5.86. The Bertz CT molecular complexity index is 885. The number of hydrogen-bond acceptors (Lipinski definition) is 3. The van der Waals surface area contributed by atoms with Crippen LogP contribution in [0.15, 0.2) is 60.7 Å². The van der Waals surface area contributed by atoms with Crippen molar-refractivity contribution < 1.29 is 4.79 Å². The number of anilines is 1. The van der Waals surface area contributed by atoms with Crippen molar-refractivity contribution in [2.24, 2.45) is 0 Å². The second kappa shape index (κ2) is 7.44. The van der Waals surface area contributed by atoms with E-state index < -0.39 is 6.04 Å². The quantitative estimate of drug-likeness (QED) is 0.764. The number of likely N-dealkylation sites (N-methyl/N-ethyl adjacent to an activating group) is 1. The van der Waals surface area contributed by atoms with E-state index in [1.807, 2.05) is 79.2 Å². The Morgan fingerprint density at radius 2 is 1.58 bits per heavy atom. The Morgan fingerprint density at radius 1 is 1.00 bits per heavy atom. The molecular weight excluding hydrogens is 324 g/mol. The van der Waals surface area contributed by atoms with Crippen molar-refractivity contribution in [1.29, 1.82) is 0 Å². The zero-order chi connectivity index (χ0) is 18.7. The minimum absolute atomic E-state index is 0.00228. The van der Waals surface area contributed by atoms with E-state index in [4.69, 9.17) is 0 Å². The molecule has 0 fully saturated rings. The number of para-hydroxylation sites is 1. The molecule has 0 spiro atoms. The van der Waals surface area contributed by atoms with Crippen molar-refractivity contribution in [2.45, 2.75) is 19.9 Å². The molecule has 0 saturated carbocycles. The van der Waals surface area contributed by atoms with Gasteiger partial charge >= 0.3 is 0 Å². The van der Waals surface area contributed by atoms with E-state index in [0.29, 0.717) is 0 Å². The molecular formula is C21H24N4O. The second-order valence-corrected chi connectivity index (χ2v) is 6.51. The molecule has 1 aromatic heterocycles. The average molecular weight is 348 g/mol. The number of nitrogens with zero attached hydrogens (tertiary/aromatic N) is 3. The Balaban J connectivity index is 2.00. The molecule has 5 heteroatoms. The topological polar surface area (TPSA) is 50.2 Å². The van der Waals surface area contributed by atoms with Crippen LogP contribution in [0.3, 0.4) is 0 Å². The summed E-state index contributed by atoms with van der Waals surface area (Å²) >= 11 is 0. The Kier molecular flexibility index (Phi) is 5.07. The van der Waals surface area contributed by atoms with E-state index in [2.05, 4.69) is 10.4 Å². The van der Waals surface area contributed by atoms with Crippen LogP contribution in [0.1, 0.15) is 23.0 Å². The van der Waals surface area contributed by atoms with Crippen molar-refractivity contribution in [3.8, 4) is 5.69 Å². The predicted molar refractivity (Wildman–Crippen MR) is 105 cm³/mol. The molecule has 26 heavy (non-hydrogen) atoms. The maximum atomic E-state index is 12.8. The van der Waals surface area contributed by atoms with E-state index in [1.165, 1.54) is 0 Å². The summed E-state index contributed by atoms with van der Waals surface area (Å²) in [7, 11) is 3.54. The van der Waals surface area contributed by atoms with Crippen LogP contribution in [-0.4, -0.2) is 34.7 Å². The predicted octanol–water partition coefficient (Wildman–Crippen LogP) is 3.73. The van der Waals surface area contributed by atoms with Crippen LogP contribution in [0.25, 0.3) is 5.69 Å². The number of aromatic nitrogens is 2. The van der Waals surface area contributed by atoms with Crippen molar-refractivity contribution in [2.75, 3.05) is 19.4 Å². The average Bonchev–Trinajstić information content (AvgIpc) is 2.94. The van der Waals surface area contributed by atoms with Crippen LogP contribution in [0, 0.1) is 13.8 Å². The van der Waals surface area contributed by atoms with Gasteiger partial charge < -0.3 is 10.2 Å². The third-order valence-corrected chi connectivity index (χ3v) is 4.40. The van der Waals surface area contributed by atoms with E-state index in [9.17, 15) is 4.79 Å². The molecule has 0 aliphatic carbocycles. The normalized spacial score (nSPS) is 11.8. The van der Waals surface area contributed by atoms with Gasteiger partial charge in [0.05, 0.1) is 22.8 Å². The molecule has 2 aromatic carbocycles. The Labute approximate surface area is 154 Å². The molecule has 1 heterocycles. The lowest BCUT2D eigenvalue weighted by molar-refractivity contribution is -0.129. The standard InChI is InChI=1S/C21H24N4O/c1-15-19(16(2)25(23-15)18-13-9-6-10-14-18)22-20(21(26)24(3)4)17-11-7-5-8-12-17/h5-14,20,22H,1-4H3. The van der Waals surface area contributed by atoms with Crippen LogP contribution in [0.5, 0.6) is 0 Å². The highest BCUT2D eigenvalue weighted by Gasteiger charge is 2.25. The first-order valence-electron chi connectivity index (χ1n) is 8.63. The van der Waals surface area contributed by atoms with E-state index in [-0.39, 0.29) is 5.91 Å². The second-order valence-electron chi connectivity index (χ2n) is 6.51. The molecule has 3 rings (SSSR count). The van der Waals surface area contributed by atoms with Gasteiger partial charge in [0.15, 0.2) is 0 Å². The Morgan fingerprint density at radius 3 is 2.15 bits per heavy atom. The van der Waals surface area contributed by atoms with Crippen molar-refractivity contribution in [1.82, 2.24) is 14.7 Å². The van der Waals surface area contributed by atoms with Gasteiger partial charge in [-0.05, 0) is 31.5 Å². The van der Waals surface area contributed by atoms with Gasteiger partial charge in [-0.15, -0.1) is 0 Å². The van der Waals surface area contributed by atoms with Crippen LogP contribution in [-0.2, 0) is 4.79 Å². The first-order valence-corrected chi connectivity index (χ1v) is 8.63. The van der Waals surface area contributed by atoms with Gasteiger partial charge in [0.2, 0.25) is 5.91 Å². The number of rotatable bonds is 5. The third-order valence-electron chi connectivity index (χ3n) is 4.40. The van der Waals surface area contributed by atoms with Crippen LogP contribution in [0.2, 0.25) is 0 Å². The first-order chi connectivity index (χ1) is 12.5. The molecule has 1 unspecified atom stereocenters. The van der Waals surface area contributed by atoms with Crippen LogP contribution >= 0.6 is 0 Å². The minimum Gasteiger partial charge on any atom is -0.367 e. The van der Waals surface area contributed by atoms with Crippen molar-refractivity contribution in [3.05, 3.63) is 77.6 Å². The molecule has 0 radical (unpaired) electrons. The summed E-state index contributed by atoms with van der Waals surface area (Å²) in [5.41, 5.74) is 4.65. The fraction of sp³-hybridized carbons (Fsp3) is 0.238. The summed E-state index contributed by atoms with van der Waals surface area (Å²) < 4.78 is 1.90. The van der Waals surface area contributed by atoms with Gasteiger partial charge in [-0.25, -0.2) is 4.68 Å². The van der Waals surface area contributed by atoms with E-state index in [0.717, 1.165) is 28.3 Å². The number of aryl methyl sites for hydroxylation is 1. The SMILES string of the molecule is Cc1nn(-c2ccccc2)c(C)c1NC(C(=O)N(C)C)c1ccccc1. The maximum Gasteiger partial charge on any atom is 0.249 e. The molecule has 0 aliphatic rings. The Hall–Kier alpha value is -3.08. The molecule has 5 nitrogen and oxygen atoms in total. The van der Waals surface area contributed by atoms with Crippen molar-refractivity contribution >= 4 is 11.6 Å². The molecule has 134 valence electrons. The van der Waals surface area contributed by atoms with Gasteiger partial charge in [0.1, 0.15) is 6.04 Å². The number of amides is 1. The summed E-state index contributed by atoms with van der Waals surface area (Å²) in [5, 5.41) is 8.09. The highest BCUT2D eigenvalue weighted by atomic mass is 16.2. The smallest absolute Gasteiger partial charge is 0.249 e. The molecule has 0 saturated heterocycles. The number of hydrogen-bond donors (Lipinski definition) is 1.